The summed E-state index contributed by atoms with van der Waals surface area (Å²) in [5.41, 5.74) is 9.01. The van der Waals surface area contributed by atoms with E-state index >= 15 is 0 Å². The summed E-state index contributed by atoms with van der Waals surface area (Å²) >= 11 is 0. The van der Waals surface area contributed by atoms with E-state index in [1.54, 1.807) is 12.1 Å². The first kappa shape index (κ1) is 39.8. The van der Waals surface area contributed by atoms with E-state index in [1.807, 2.05) is 19.9 Å². The molecule has 4 aromatic carbocycles. The zero-order chi connectivity index (χ0) is 39.9. The summed E-state index contributed by atoms with van der Waals surface area (Å²) in [6.07, 6.45) is 0.826. The Morgan fingerprint density at radius 2 is 0.772 bits per heavy atom. The molecular formula is C47H46N8OZn. The third kappa shape index (κ3) is 6.99. The smallest absolute Gasteiger partial charge is 0.357 e. The van der Waals surface area contributed by atoms with Crippen LogP contribution in [-0.2, 0) is 35.7 Å². The minimum Gasteiger partial charge on any atom is -0.357 e. The molecule has 0 fully saturated rings. The van der Waals surface area contributed by atoms with Gasteiger partial charge in [0.2, 0.25) is 0 Å². The van der Waals surface area contributed by atoms with Gasteiger partial charge < -0.3 is 29.9 Å². The van der Waals surface area contributed by atoms with Gasteiger partial charge in [-0.3, -0.25) is 4.79 Å². The number of aromatic nitrogens is 8. The quantitative estimate of drug-likeness (QED) is 0.118. The minimum atomic E-state index is -0.111. The Morgan fingerprint density at radius 1 is 0.421 bits per heavy atom. The molecular weight excluding hydrogens is 758 g/mol. The third-order valence-corrected chi connectivity index (χ3v) is 10.5. The van der Waals surface area contributed by atoms with Crippen LogP contribution in [0.15, 0.2) is 72.8 Å². The van der Waals surface area contributed by atoms with Gasteiger partial charge in [-0.15, -0.1) is 0 Å². The van der Waals surface area contributed by atoms with Gasteiger partial charge in [-0.1, -0.05) is 125 Å². The molecule has 7 aromatic rings. The molecule has 0 aliphatic carbocycles. The number of rotatable bonds is 1. The molecule has 0 unspecified atom stereocenters. The van der Waals surface area contributed by atoms with Crippen LogP contribution < -0.4 is 9.97 Å². The van der Waals surface area contributed by atoms with Crippen molar-refractivity contribution < 1.29 is 24.3 Å². The Kier molecular flexibility index (Phi) is 9.88. The van der Waals surface area contributed by atoms with Gasteiger partial charge >= 0.3 is 19.5 Å². The van der Waals surface area contributed by atoms with E-state index < -0.39 is 0 Å². The van der Waals surface area contributed by atoms with Crippen LogP contribution >= 0.6 is 0 Å². The molecule has 0 N–H and O–H groups in total. The summed E-state index contributed by atoms with van der Waals surface area (Å²) in [7, 11) is 0. The first-order valence-corrected chi connectivity index (χ1v) is 19.3. The summed E-state index contributed by atoms with van der Waals surface area (Å²) in [6, 6.07) is 24.5. The van der Waals surface area contributed by atoms with E-state index in [9.17, 15) is 4.79 Å². The molecule has 5 heterocycles. The van der Waals surface area contributed by atoms with Crippen molar-refractivity contribution in [2.24, 2.45) is 0 Å². The molecule has 2 aliphatic heterocycles. The molecule has 10 heteroatoms. The fourth-order valence-electron chi connectivity index (χ4n) is 7.15. The standard InChI is InChI=1S/C45H41N8O.C2H6.Zn/c1-43(2,3)24-11-15-28-32(19-24)40-49-36(28)46-35-27-14-10-23(22-54)18-31(27)39(47-35)48-37-29-16-12-25(44(4,5)6)20-33(29)41(51-37)53-42-34-21-26(45(7,8)9)13-17-30(34)38(50-40)52-42;1-2;/h10-22H,1-9H3,(H-,46,47,48,49,50,51,52,53,54);1-2H3;/q-1;;+2/p-1. The minimum absolute atomic E-state index is 0. The number of nitrogens with zero attached hydrogens (tertiary/aromatic N) is 8. The summed E-state index contributed by atoms with van der Waals surface area (Å²) in [5.74, 6) is 2.00. The molecule has 8 bridgehead atoms. The van der Waals surface area contributed by atoms with Crippen molar-refractivity contribution in [3.63, 3.8) is 0 Å². The van der Waals surface area contributed by atoms with Crippen LogP contribution in [0.5, 0.6) is 0 Å². The molecule has 0 saturated carbocycles. The second kappa shape index (κ2) is 14.2. The number of fused-ring (bicyclic) bond motifs is 20. The fraction of sp³-hybridized carbons (Fsp3) is 0.298. The maximum atomic E-state index is 12.0. The van der Waals surface area contributed by atoms with Crippen LogP contribution in [0.2, 0.25) is 0 Å². The van der Waals surface area contributed by atoms with Crippen LogP contribution in [0.1, 0.15) is 103 Å². The Bertz CT molecular complexity index is 2920. The van der Waals surface area contributed by atoms with E-state index in [0.717, 1.165) is 61.4 Å². The van der Waals surface area contributed by atoms with E-state index in [2.05, 4.69) is 117 Å². The third-order valence-electron chi connectivity index (χ3n) is 10.5. The van der Waals surface area contributed by atoms with Gasteiger partial charge in [0.25, 0.3) is 0 Å². The Labute approximate surface area is 346 Å². The summed E-state index contributed by atoms with van der Waals surface area (Å²) < 4.78 is 0. The van der Waals surface area contributed by atoms with Gasteiger partial charge in [-0.2, -0.15) is 0 Å². The molecule has 3 aromatic heterocycles. The second-order valence-electron chi connectivity index (χ2n) is 17.4. The van der Waals surface area contributed by atoms with Gasteiger partial charge in [-0.05, 0) is 78.7 Å². The first-order chi connectivity index (χ1) is 26.5. The summed E-state index contributed by atoms with van der Waals surface area (Å²) in [4.78, 5) is 52.8. The largest absolute Gasteiger partial charge is 2.00 e. The average Bonchev–Trinajstić information content (AvgIpc) is 3.89. The van der Waals surface area contributed by atoms with Gasteiger partial charge in [0.1, 0.15) is 6.29 Å². The Morgan fingerprint density at radius 3 is 1.19 bits per heavy atom. The second-order valence-corrected chi connectivity index (χ2v) is 17.4. The van der Waals surface area contributed by atoms with Crippen LogP contribution in [0.3, 0.4) is 0 Å². The maximum absolute atomic E-state index is 12.0. The van der Waals surface area contributed by atoms with E-state index in [1.165, 1.54) is 0 Å². The number of aldehydes is 1. The predicted octanol–water partition coefficient (Wildman–Crippen LogP) is 10.9. The van der Waals surface area contributed by atoms with Crippen molar-refractivity contribution in [1.29, 1.82) is 0 Å². The number of hydrogen-bond acceptors (Lipinski definition) is 7. The van der Waals surface area contributed by atoms with Crippen LogP contribution in [-0.4, -0.2) is 36.2 Å². The van der Waals surface area contributed by atoms with Gasteiger partial charge in [0.15, 0.2) is 0 Å². The number of carbonyl (C=O) groups excluding carboxylic acids is 1. The molecule has 9 rings (SSSR count). The first-order valence-electron chi connectivity index (χ1n) is 19.3. The predicted molar refractivity (Wildman–Crippen MR) is 227 cm³/mol. The monoisotopic (exact) mass is 802 g/mol. The number of benzene rings is 4. The molecule has 0 amide bonds. The van der Waals surface area contributed by atoms with Crippen molar-refractivity contribution in [3.8, 4) is 45.6 Å². The van der Waals surface area contributed by atoms with Crippen molar-refractivity contribution in [3.05, 3.63) is 95.1 Å². The summed E-state index contributed by atoms with van der Waals surface area (Å²) in [6.45, 7) is 23.7. The fourth-order valence-corrected chi connectivity index (χ4v) is 7.15. The molecule has 57 heavy (non-hydrogen) atoms. The summed E-state index contributed by atoms with van der Waals surface area (Å²) in [5, 5.41) is 3.21. The van der Waals surface area contributed by atoms with Crippen LogP contribution in [0.4, 0.5) is 0 Å². The number of hydrogen-bond donors (Lipinski definition) is 0. The molecule has 2 aliphatic rings. The van der Waals surface area contributed by atoms with Gasteiger partial charge in [-0.25, -0.2) is 9.97 Å². The molecule has 9 nitrogen and oxygen atoms in total. The molecule has 0 atom stereocenters. The van der Waals surface area contributed by atoms with E-state index in [-0.39, 0.29) is 35.7 Å². The topological polar surface area (TPSA) is 123 Å². The Hall–Kier alpha value is -5.47. The van der Waals surface area contributed by atoms with E-state index in [0.29, 0.717) is 56.8 Å². The van der Waals surface area contributed by atoms with Crippen LogP contribution in [0.25, 0.3) is 89.7 Å². The molecule has 0 spiro atoms. The van der Waals surface area contributed by atoms with Gasteiger partial charge in [0, 0.05) is 50.4 Å². The van der Waals surface area contributed by atoms with Crippen molar-refractivity contribution in [2.75, 3.05) is 0 Å². The zero-order valence-electron chi connectivity index (χ0n) is 34.7. The normalized spacial score (nSPS) is 12.4. The van der Waals surface area contributed by atoms with Gasteiger partial charge in [0.05, 0.1) is 23.3 Å². The Balaban J connectivity index is 0.00000163. The molecule has 0 radical (unpaired) electrons. The van der Waals surface area contributed by atoms with Crippen molar-refractivity contribution in [2.45, 2.75) is 92.4 Å². The maximum Gasteiger partial charge on any atom is 2.00 e. The van der Waals surface area contributed by atoms with Crippen molar-refractivity contribution in [1.82, 2.24) is 39.9 Å². The molecule has 0 saturated heterocycles. The van der Waals surface area contributed by atoms with Crippen molar-refractivity contribution >= 4 is 50.4 Å². The van der Waals surface area contributed by atoms with Crippen LogP contribution in [0, 0.1) is 0 Å². The zero-order valence-corrected chi connectivity index (χ0v) is 37.7. The number of carbonyl (C=O) groups is 1. The SMILES string of the molecule is CC.CC(C)(C)c1ccc2c(c1)-c1nc-2nc2[n-]c(nc3nc(nc4[n-]c(n1)c1ccc(C(C)(C)C)cc41)-c1cc(C(C)(C)C)ccc1-3)c1cc(C=O)ccc21.[Zn+2]. The molecule has 282 valence electrons. The average molecular weight is 804 g/mol. The van der Waals surface area contributed by atoms with E-state index in [4.69, 9.17) is 39.9 Å².